The first-order valence-electron chi connectivity index (χ1n) is 6.67. The molecule has 1 aromatic rings. The fourth-order valence-electron chi connectivity index (χ4n) is 2.14. The van der Waals surface area contributed by atoms with Crippen molar-refractivity contribution in [3.8, 4) is 5.75 Å². The van der Waals surface area contributed by atoms with Crippen molar-refractivity contribution in [3.63, 3.8) is 0 Å². The highest BCUT2D eigenvalue weighted by Crippen LogP contribution is 2.24. The number of carbonyl (C=O) groups is 2. The van der Waals surface area contributed by atoms with Crippen LogP contribution in [0.15, 0.2) is 24.3 Å². The second-order valence-corrected chi connectivity index (χ2v) is 5.17. The molecular weight excluding hydrogens is 294 g/mol. The van der Waals surface area contributed by atoms with Crippen LogP contribution in [0.1, 0.15) is 18.4 Å². The summed E-state index contributed by atoms with van der Waals surface area (Å²) < 4.78 is 5.50. The molecule has 1 N–H and O–H groups in total. The summed E-state index contributed by atoms with van der Waals surface area (Å²) in [5.41, 5.74) is 0.527. The molecule has 5 nitrogen and oxygen atoms in total. The molecule has 1 aliphatic heterocycles. The third-order valence-corrected chi connectivity index (χ3v) is 3.42. The van der Waals surface area contributed by atoms with Crippen molar-refractivity contribution < 1.29 is 19.4 Å². The molecule has 1 aromatic carbocycles. The smallest absolute Gasteiger partial charge is 0.328 e. The molecule has 0 aromatic heterocycles. The fraction of sp³-hybridized carbons (Fsp3) is 0.333. The maximum atomic E-state index is 11.9. The first-order valence-corrected chi connectivity index (χ1v) is 7.05. The molecule has 0 spiro atoms. The van der Waals surface area contributed by atoms with Gasteiger partial charge in [0.05, 0.1) is 0 Å². The molecule has 1 saturated heterocycles. The van der Waals surface area contributed by atoms with E-state index in [0.717, 1.165) is 32.0 Å². The number of aliphatic carboxylic acids is 1. The van der Waals surface area contributed by atoms with Crippen LogP contribution >= 0.6 is 11.6 Å². The minimum Gasteiger partial charge on any atom is -0.483 e. The van der Waals surface area contributed by atoms with Gasteiger partial charge in [-0.15, -0.1) is 0 Å². The van der Waals surface area contributed by atoms with Crippen molar-refractivity contribution in [2.75, 3.05) is 19.7 Å². The molecule has 21 heavy (non-hydrogen) atoms. The lowest BCUT2D eigenvalue weighted by Gasteiger charge is -2.16. The Labute approximate surface area is 127 Å². The number of carboxylic acid groups (broad SMARTS) is 1. The molecule has 0 bridgehead atoms. The summed E-state index contributed by atoms with van der Waals surface area (Å²) in [6.45, 7) is 1.48. The summed E-state index contributed by atoms with van der Waals surface area (Å²) in [4.78, 5) is 24.3. The number of halogens is 1. The number of carbonyl (C=O) groups excluding carboxylic acids is 1. The van der Waals surface area contributed by atoms with Crippen LogP contribution < -0.4 is 4.74 Å². The van der Waals surface area contributed by atoms with Gasteiger partial charge in [-0.05, 0) is 37.1 Å². The number of amides is 1. The largest absolute Gasteiger partial charge is 0.483 e. The highest BCUT2D eigenvalue weighted by atomic mass is 35.5. The summed E-state index contributed by atoms with van der Waals surface area (Å²) in [6, 6.07) is 4.85. The maximum absolute atomic E-state index is 11.9. The van der Waals surface area contributed by atoms with Gasteiger partial charge in [-0.25, -0.2) is 4.79 Å². The number of nitrogens with zero attached hydrogens (tertiary/aromatic N) is 1. The Kier molecular flexibility index (Phi) is 5.22. The van der Waals surface area contributed by atoms with Crippen molar-refractivity contribution in [2.45, 2.75) is 12.8 Å². The quantitative estimate of drug-likeness (QED) is 0.848. The molecule has 0 radical (unpaired) electrons. The summed E-state index contributed by atoms with van der Waals surface area (Å²) in [5.74, 6) is -0.686. The lowest BCUT2D eigenvalue weighted by atomic mass is 10.2. The van der Waals surface area contributed by atoms with E-state index in [1.54, 1.807) is 23.1 Å². The third-order valence-electron chi connectivity index (χ3n) is 3.19. The molecule has 6 heteroatoms. The molecule has 0 aliphatic carbocycles. The molecule has 2 rings (SSSR count). The van der Waals surface area contributed by atoms with Gasteiger partial charge in [-0.1, -0.05) is 11.6 Å². The Morgan fingerprint density at radius 1 is 1.33 bits per heavy atom. The molecule has 1 amide bonds. The van der Waals surface area contributed by atoms with Crippen LogP contribution in [0.4, 0.5) is 0 Å². The average molecular weight is 310 g/mol. The van der Waals surface area contributed by atoms with Gasteiger partial charge in [-0.2, -0.15) is 0 Å². The van der Waals surface area contributed by atoms with Gasteiger partial charge in [0.2, 0.25) is 0 Å². The Morgan fingerprint density at radius 2 is 2.05 bits per heavy atom. The Morgan fingerprint density at radius 3 is 2.71 bits per heavy atom. The monoisotopic (exact) mass is 309 g/mol. The fourth-order valence-corrected chi connectivity index (χ4v) is 2.32. The molecule has 0 unspecified atom stereocenters. The number of ether oxygens (including phenoxy) is 1. The first kappa shape index (κ1) is 15.4. The minimum absolute atomic E-state index is 0.0596. The molecule has 0 saturated carbocycles. The van der Waals surface area contributed by atoms with E-state index in [1.807, 2.05) is 0 Å². The van der Waals surface area contributed by atoms with E-state index in [4.69, 9.17) is 21.4 Å². The van der Waals surface area contributed by atoms with Crippen LogP contribution in [0.2, 0.25) is 5.02 Å². The van der Waals surface area contributed by atoms with E-state index in [-0.39, 0.29) is 12.5 Å². The predicted molar refractivity (Wildman–Crippen MR) is 79.4 cm³/mol. The van der Waals surface area contributed by atoms with E-state index < -0.39 is 5.97 Å². The molecule has 1 heterocycles. The van der Waals surface area contributed by atoms with Crippen LogP contribution in [0, 0.1) is 0 Å². The standard InChI is InChI=1S/C15H16ClNO4/c16-12-4-5-13(11(9-12)3-6-15(19)20)21-10-14(18)17-7-1-2-8-17/h3-6,9H,1-2,7-8,10H2,(H,19,20)/b6-3+. The Hall–Kier alpha value is -2.01. The molecular formula is C15H16ClNO4. The molecule has 1 fully saturated rings. The normalized spacial score (nSPS) is 14.6. The molecule has 1 aliphatic rings. The number of carboxylic acids is 1. The van der Waals surface area contributed by atoms with Crippen molar-refractivity contribution in [3.05, 3.63) is 34.9 Å². The maximum Gasteiger partial charge on any atom is 0.328 e. The third kappa shape index (κ3) is 4.49. The van der Waals surface area contributed by atoms with Gasteiger partial charge in [0, 0.05) is 29.8 Å². The van der Waals surface area contributed by atoms with E-state index in [9.17, 15) is 9.59 Å². The van der Waals surface area contributed by atoms with Crippen molar-refractivity contribution >= 4 is 29.6 Å². The van der Waals surface area contributed by atoms with Crippen LogP contribution in [0.25, 0.3) is 6.08 Å². The second-order valence-electron chi connectivity index (χ2n) is 4.73. The summed E-state index contributed by atoms with van der Waals surface area (Å²) >= 11 is 5.89. The van der Waals surface area contributed by atoms with Gasteiger partial charge in [-0.3, -0.25) is 4.79 Å². The zero-order valence-corrected chi connectivity index (χ0v) is 12.2. The van der Waals surface area contributed by atoms with Crippen LogP contribution in [0.5, 0.6) is 5.75 Å². The number of benzene rings is 1. The van der Waals surface area contributed by atoms with E-state index in [1.165, 1.54) is 6.08 Å². The van der Waals surface area contributed by atoms with Gasteiger partial charge < -0.3 is 14.7 Å². The zero-order valence-electron chi connectivity index (χ0n) is 11.4. The Balaban J connectivity index is 2.04. The van der Waals surface area contributed by atoms with Gasteiger partial charge in [0.1, 0.15) is 5.75 Å². The second kappa shape index (κ2) is 7.13. The topological polar surface area (TPSA) is 66.8 Å². The van der Waals surface area contributed by atoms with Crippen molar-refractivity contribution in [2.24, 2.45) is 0 Å². The minimum atomic E-state index is -1.06. The van der Waals surface area contributed by atoms with Gasteiger partial charge >= 0.3 is 5.97 Å². The summed E-state index contributed by atoms with van der Waals surface area (Å²) in [7, 11) is 0. The van der Waals surface area contributed by atoms with Gasteiger partial charge in [0.25, 0.3) is 5.91 Å². The lowest BCUT2D eigenvalue weighted by molar-refractivity contribution is -0.132. The summed E-state index contributed by atoms with van der Waals surface area (Å²) in [6.07, 6.45) is 4.45. The Bertz CT molecular complexity index is 565. The van der Waals surface area contributed by atoms with Crippen molar-refractivity contribution in [1.82, 2.24) is 4.90 Å². The first-order chi connectivity index (χ1) is 10.1. The van der Waals surface area contributed by atoms with Crippen LogP contribution in [-0.4, -0.2) is 41.6 Å². The highest BCUT2D eigenvalue weighted by molar-refractivity contribution is 6.30. The average Bonchev–Trinajstić information content (AvgIpc) is 2.98. The number of likely N-dealkylation sites (tertiary alicyclic amines) is 1. The number of hydrogen-bond acceptors (Lipinski definition) is 3. The predicted octanol–water partition coefficient (Wildman–Crippen LogP) is 2.44. The van der Waals surface area contributed by atoms with Gasteiger partial charge in [0.15, 0.2) is 6.61 Å². The molecule has 0 atom stereocenters. The summed E-state index contributed by atoms with van der Waals surface area (Å²) in [5, 5.41) is 9.15. The van der Waals surface area contributed by atoms with E-state index in [2.05, 4.69) is 0 Å². The van der Waals surface area contributed by atoms with Crippen molar-refractivity contribution in [1.29, 1.82) is 0 Å². The zero-order chi connectivity index (χ0) is 15.2. The van der Waals surface area contributed by atoms with Crippen LogP contribution in [0.3, 0.4) is 0 Å². The number of hydrogen-bond donors (Lipinski definition) is 1. The number of rotatable bonds is 5. The highest BCUT2D eigenvalue weighted by Gasteiger charge is 2.18. The SMILES string of the molecule is O=C(O)/C=C/c1cc(Cl)ccc1OCC(=O)N1CCCC1. The van der Waals surface area contributed by atoms with Crippen LogP contribution in [-0.2, 0) is 9.59 Å². The van der Waals surface area contributed by atoms with E-state index in [0.29, 0.717) is 16.3 Å². The molecule has 112 valence electrons. The lowest BCUT2D eigenvalue weighted by Crippen LogP contribution is -2.32. The van der Waals surface area contributed by atoms with E-state index >= 15 is 0 Å².